The Bertz CT molecular complexity index is 917. The lowest BCUT2D eigenvalue weighted by atomic mass is 9.71. The molecule has 1 amide bonds. The summed E-state index contributed by atoms with van der Waals surface area (Å²) in [5, 5.41) is 1.58. The molecule has 0 saturated carbocycles. The Balaban J connectivity index is 1.68. The van der Waals surface area contributed by atoms with E-state index in [0.29, 0.717) is 19.6 Å². The van der Waals surface area contributed by atoms with E-state index in [1.54, 1.807) is 5.06 Å². The van der Waals surface area contributed by atoms with E-state index in [2.05, 4.69) is 65.7 Å². The van der Waals surface area contributed by atoms with Crippen LogP contribution in [-0.2, 0) is 29.8 Å². The lowest BCUT2D eigenvalue weighted by Crippen LogP contribution is -2.75. The Morgan fingerprint density at radius 3 is 2.18 bits per heavy atom. The summed E-state index contributed by atoms with van der Waals surface area (Å²) in [4.78, 5) is 19.0. The molecule has 3 aliphatic rings. The number of hydroxylamine groups is 2. The molecule has 2 fully saturated rings. The highest BCUT2D eigenvalue weighted by atomic mass is 28.4. The summed E-state index contributed by atoms with van der Waals surface area (Å²) in [6.07, 6.45) is 3.90. The third-order valence-corrected chi connectivity index (χ3v) is 12.7. The first-order valence-electron chi connectivity index (χ1n) is 11.9. The lowest BCUT2D eigenvalue weighted by molar-refractivity contribution is -0.276. The maximum Gasteiger partial charge on any atom is 0.249 e. The summed E-state index contributed by atoms with van der Waals surface area (Å²) in [5.41, 5.74) is -0.142. The van der Waals surface area contributed by atoms with E-state index < -0.39 is 27.8 Å². The number of carbonyl (C=O) groups excluding carboxylic acids is 1. The van der Waals surface area contributed by atoms with Crippen LogP contribution in [0, 0.1) is 0 Å². The number of carbonyl (C=O) groups is 1. The molecule has 0 radical (unpaired) electrons. The van der Waals surface area contributed by atoms with Gasteiger partial charge in [-0.3, -0.25) is 9.63 Å². The van der Waals surface area contributed by atoms with Crippen LogP contribution in [0.2, 0.25) is 37.8 Å². The molecule has 0 aromatic heterocycles. The summed E-state index contributed by atoms with van der Waals surface area (Å²) in [6, 6.07) is 9.92. The fourth-order valence-corrected chi connectivity index (χ4v) is 6.71. The molecule has 2 spiro atoms. The van der Waals surface area contributed by atoms with Gasteiger partial charge in [-0.1, -0.05) is 57.2 Å². The zero-order valence-corrected chi connectivity index (χ0v) is 23.3. The Labute approximate surface area is 200 Å². The summed E-state index contributed by atoms with van der Waals surface area (Å²) in [7, 11) is -4.14. The van der Waals surface area contributed by atoms with Crippen LogP contribution in [0.15, 0.2) is 42.5 Å². The van der Waals surface area contributed by atoms with E-state index in [0.717, 1.165) is 5.56 Å². The van der Waals surface area contributed by atoms with Crippen molar-refractivity contribution in [2.75, 3.05) is 6.61 Å². The highest BCUT2D eigenvalue weighted by Crippen LogP contribution is 2.53. The monoisotopic (exact) mass is 489 g/mol. The van der Waals surface area contributed by atoms with Gasteiger partial charge in [0.15, 0.2) is 16.6 Å². The van der Waals surface area contributed by atoms with Crippen LogP contribution in [0.1, 0.15) is 32.8 Å². The van der Waals surface area contributed by atoms with Gasteiger partial charge in [0.1, 0.15) is 30.0 Å². The number of epoxide rings is 1. The SMILES string of the molecule is CC(C)(C)[Si](C)(C)O[C@H]1[C@@H](O[Si](C)(C)C)[C@]2(C=C[C@@]13CO3)CC(=O)N2OCc1ccccc1. The first kappa shape index (κ1) is 24.8. The predicted molar refractivity (Wildman–Crippen MR) is 134 cm³/mol. The number of nitrogens with zero attached hydrogens (tertiary/aromatic N) is 1. The van der Waals surface area contributed by atoms with Gasteiger partial charge in [-0.25, -0.2) is 5.06 Å². The predicted octanol–water partition coefficient (Wildman–Crippen LogP) is 5.04. The van der Waals surface area contributed by atoms with Gasteiger partial charge in [0.2, 0.25) is 5.91 Å². The van der Waals surface area contributed by atoms with Crippen LogP contribution >= 0.6 is 0 Å². The summed E-state index contributed by atoms with van der Waals surface area (Å²) >= 11 is 0. The molecule has 1 aromatic carbocycles. The number of hydrogen-bond acceptors (Lipinski definition) is 5. The second-order valence-corrected chi connectivity index (χ2v) is 21.4. The molecule has 2 saturated heterocycles. The maximum absolute atomic E-state index is 12.8. The molecule has 33 heavy (non-hydrogen) atoms. The Kier molecular flexibility index (Phi) is 6.12. The molecule has 0 bridgehead atoms. The maximum atomic E-state index is 12.8. The number of hydrogen-bond donors (Lipinski definition) is 0. The number of ether oxygens (including phenoxy) is 1. The number of benzene rings is 1. The van der Waals surface area contributed by atoms with Gasteiger partial charge in [-0.2, -0.15) is 0 Å². The molecule has 8 heteroatoms. The second kappa shape index (κ2) is 8.14. The van der Waals surface area contributed by atoms with Crippen molar-refractivity contribution in [1.29, 1.82) is 0 Å². The molecule has 4 rings (SSSR count). The minimum absolute atomic E-state index is 0.0292. The zero-order chi connectivity index (χ0) is 24.3. The topological polar surface area (TPSA) is 60.5 Å². The van der Waals surface area contributed by atoms with Gasteiger partial charge < -0.3 is 13.6 Å². The van der Waals surface area contributed by atoms with Gasteiger partial charge in [-0.15, -0.1) is 0 Å². The molecule has 1 aromatic rings. The van der Waals surface area contributed by atoms with Gasteiger partial charge >= 0.3 is 0 Å². The Morgan fingerprint density at radius 1 is 1.03 bits per heavy atom. The minimum Gasteiger partial charge on any atom is -0.409 e. The van der Waals surface area contributed by atoms with Crippen molar-refractivity contribution < 1.29 is 23.2 Å². The van der Waals surface area contributed by atoms with E-state index in [4.69, 9.17) is 18.4 Å². The van der Waals surface area contributed by atoms with E-state index in [1.807, 2.05) is 30.3 Å². The molecule has 0 N–H and O–H groups in total. The summed E-state index contributed by atoms with van der Waals surface area (Å²) in [6.45, 7) is 18.7. The molecular formula is C25H39NO5Si2. The van der Waals surface area contributed by atoms with E-state index in [-0.39, 0.29) is 23.2 Å². The quantitative estimate of drug-likeness (QED) is 0.232. The van der Waals surface area contributed by atoms with Crippen LogP contribution in [-0.4, -0.2) is 57.6 Å². The van der Waals surface area contributed by atoms with Crippen molar-refractivity contribution in [3.8, 4) is 0 Å². The highest BCUT2D eigenvalue weighted by Gasteiger charge is 2.69. The Morgan fingerprint density at radius 2 is 1.67 bits per heavy atom. The van der Waals surface area contributed by atoms with Crippen molar-refractivity contribution >= 4 is 22.5 Å². The first-order valence-corrected chi connectivity index (χ1v) is 18.2. The third kappa shape index (κ3) is 4.66. The molecule has 1 aliphatic carbocycles. The average Bonchev–Trinajstić information content (AvgIpc) is 3.46. The van der Waals surface area contributed by atoms with Crippen LogP contribution in [0.4, 0.5) is 0 Å². The average molecular weight is 490 g/mol. The van der Waals surface area contributed by atoms with Crippen molar-refractivity contribution in [2.45, 2.75) is 94.9 Å². The highest BCUT2D eigenvalue weighted by molar-refractivity contribution is 6.74. The molecular weight excluding hydrogens is 450 g/mol. The van der Waals surface area contributed by atoms with Crippen molar-refractivity contribution in [3.63, 3.8) is 0 Å². The van der Waals surface area contributed by atoms with Crippen LogP contribution in [0.25, 0.3) is 0 Å². The van der Waals surface area contributed by atoms with Gasteiger partial charge in [0.25, 0.3) is 0 Å². The number of β-lactam (4-membered cyclic amide) rings is 1. The van der Waals surface area contributed by atoms with Gasteiger partial charge in [0, 0.05) is 0 Å². The normalized spacial score (nSPS) is 31.9. The fourth-order valence-electron chi connectivity index (χ4n) is 4.31. The van der Waals surface area contributed by atoms with Crippen molar-refractivity contribution in [2.24, 2.45) is 0 Å². The molecule has 4 atom stereocenters. The zero-order valence-electron chi connectivity index (χ0n) is 21.3. The molecule has 6 nitrogen and oxygen atoms in total. The number of amides is 1. The second-order valence-electron chi connectivity index (χ2n) is 12.1. The standard InChI is InChI=1S/C25H39NO5Si2/c1-23(2,3)33(7,8)31-22-21(30-32(4,5)6)24(14-15-25(22)18-28-25)16-20(27)26(24)29-17-19-12-10-9-11-13-19/h9-15,21-22H,16-18H2,1-8H3/t21-,22+,24+,25-/m1/s1. The van der Waals surface area contributed by atoms with Crippen LogP contribution in [0.3, 0.4) is 0 Å². The van der Waals surface area contributed by atoms with Crippen molar-refractivity contribution in [3.05, 3.63) is 48.0 Å². The van der Waals surface area contributed by atoms with E-state index in [1.165, 1.54) is 0 Å². The van der Waals surface area contributed by atoms with Crippen LogP contribution in [0.5, 0.6) is 0 Å². The fraction of sp³-hybridized carbons (Fsp3) is 0.640. The lowest BCUT2D eigenvalue weighted by Gasteiger charge is -2.58. The summed E-state index contributed by atoms with van der Waals surface area (Å²) < 4.78 is 19.9. The summed E-state index contributed by atoms with van der Waals surface area (Å²) in [5.74, 6) is -0.0292. The Hall–Kier alpha value is -1.30. The molecule has 0 unspecified atom stereocenters. The van der Waals surface area contributed by atoms with Gasteiger partial charge in [-0.05, 0) is 49.4 Å². The van der Waals surface area contributed by atoms with Crippen molar-refractivity contribution in [1.82, 2.24) is 5.06 Å². The van der Waals surface area contributed by atoms with Gasteiger partial charge in [0.05, 0.1) is 13.0 Å². The van der Waals surface area contributed by atoms with E-state index in [9.17, 15) is 4.79 Å². The smallest absolute Gasteiger partial charge is 0.249 e. The molecule has 182 valence electrons. The third-order valence-electron chi connectivity index (χ3n) is 7.33. The van der Waals surface area contributed by atoms with E-state index >= 15 is 0 Å². The molecule has 2 heterocycles. The number of rotatable bonds is 7. The largest absolute Gasteiger partial charge is 0.409 e. The molecule has 2 aliphatic heterocycles. The first-order chi connectivity index (χ1) is 15.2. The minimum atomic E-state index is -2.14. The van der Waals surface area contributed by atoms with Crippen LogP contribution < -0.4 is 0 Å².